The summed E-state index contributed by atoms with van der Waals surface area (Å²) in [5.74, 6) is 3.83. The number of amidine groups is 1. The molecule has 1 aliphatic heterocycles. The van der Waals surface area contributed by atoms with E-state index in [1.807, 2.05) is 0 Å². The molecule has 0 fully saturated rings. The van der Waals surface area contributed by atoms with E-state index in [1.54, 1.807) is 0 Å². The highest BCUT2D eigenvalue weighted by atomic mass is 15.0. The first-order valence-corrected chi connectivity index (χ1v) is 5.14. The van der Waals surface area contributed by atoms with E-state index in [9.17, 15) is 0 Å². The zero-order valence-corrected chi connectivity index (χ0v) is 8.18. The second-order valence-electron chi connectivity index (χ2n) is 3.37. The van der Waals surface area contributed by atoms with Crippen LogP contribution in [0.2, 0.25) is 0 Å². The number of nitrogens with zero attached hydrogens (tertiary/aromatic N) is 1. The highest BCUT2D eigenvalue weighted by molar-refractivity contribution is 5.82. The van der Waals surface area contributed by atoms with Crippen LogP contribution < -0.4 is 5.32 Å². The molecule has 1 aliphatic rings. The van der Waals surface area contributed by atoms with Crippen LogP contribution in [0.5, 0.6) is 0 Å². The monoisotopic (exact) mass is 178 g/mol. The molecule has 2 nitrogen and oxygen atoms in total. The van der Waals surface area contributed by atoms with Gasteiger partial charge in [-0.3, -0.25) is 4.99 Å². The summed E-state index contributed by atoms with van der Waals surface area (Å²) in [6.45, 7) is 1.97. The Labute approximate surface area is 80.8 Å². The summed E-state index contributed by atoms with van der Waals surface area (Å²) in [7, 11) is 0. The van der Waals surface area contributed by atoms with Crippen molar-refractivity contribution in [2.24, 2.45) is 4.99 Å². The van der Waals surface area contributed by atoms with E-state index in [0.717, 1.165) is 32.4 Å². The number of hydrogen-bond donors (Lipinski definition) is 1. The second kappa shape index (κ2) is 6.54. The SMILES string of the molecule is C#CCCCNC1=NCCCCC1. The molecule has 0 radical (unpaired) electrons. The average molecular weight is 178 g/mol. The summed E-state index contributed by atoms with van der Waals surface area (Å²) in [6, 6.07) is 0. The van der Waals surface area contributed by atoms with Gasteiger partial charge in [0, 0.05) is 25.9 Å². The number of terminal acetylenes is 1. The smallest absolute Gasteiger partial charge is 0.0963 e. The van der Waals surface area contributed by atoms with Crippen LogP contribution in [-0.4, -0.2) is 18.9 Å². The fourth-order valence-corrected chi connectivity index (χ4v) is 1.44. The van der Waals surface area contributed by atoms with Gasteiger partial charge in [-0.1, -0.05) is 6.42 Å². The highest BCUT2D eigenvalue weighted by Crippen LogP contribution is 2.05. The van der Waals surface area contributed by atoms with Crippen LogP contribution in [0.1, 0.15) is 38.5 Å². The topological polar surface area (TPSA) is 24.4 Å². The van der Waals surface area contributed by atoms with E-state index in [-0.39, 0.29) is 0 Å². The van der Waals surface area contributed by atoms with Crippen molar-refractivity contribution < 1.29 is 0 Å². The predicted molar refractivity (Wildman–Crippen MR) is 56.8 cm³/mol. The zero-order chi connectivity index (χ0) is 9.36. The maximum atomic E-state index is 5.16. The van der Waals surface area contributed by atoms with Gasteiger partial charge in [-0.2, -0.15) is 0 Å². The van der Waals surface area contributed by atoms with Crippen LogP contribution >= 0.6 is 0 Å². The fraction of sp³-hybridized carbons (Fsp3) is 0.727. The lowest BCUT2D eigenvalue weighted by molar-refractivity contribution is 0.725. The van der Waals surface area contributed by atoms with Crippen LogP contribution in [0.4, 0.5) is 0 Å². The molecular weight excluding hydrogens is 160 g/mol. The van der Waals surface area contributed by atoms with Gasteiger partial charge < -0.3 is 5.32 Å². The minimum Gasteiger partial charge on any atom is -0.374 e. The van der Waals surface area contributed by atoms with E-state index in [1.165, 1.54) is 25.1 Å². The second-order valence-corrected chi connectivity index (χ2v) is 3.37. The van der Waals surface area contributed by atoms with Crippen molar-refractivity contribution in [3.05, 3.63) is 0 Å². The first-order valence-electron chi connectivity index (χ1n) is 5.14. The fourth-order valence-electron chi connectivity index (χ4n) is 1.44. The van der Waals surface area contributed by atoms with Gasteiger partial charge in [0.25, 0.3) is 0 Å². The number of rotatable bonds is 3. The molecule has 1 N–H and O–H groups in total. The van der Waals surface area contributed by atoms with Crippen LogP contribution in [0.25, 0.3) is 0 Å². The van der Waals surface area contributed by atoms with Crippen LogP contribution in [-0.2, 0) is 0 Å². The van der Waals surface area contributed by atoms with E-state index < -0.39 is 0 Å². The highest BCUT2D eigenvalue weighted by Gasteiger charge is 2.02. The zero-order valence-electron chi connectivity index (χ0n) is 8.18. The number of nitrogens with one attached hydrogen (secondary N) is 1. The molecule has 0 spiro atoms. The minimum atomic E-state index is 0.861. The predicted octanol–water partition coefficient (Wildman–Crippen LogP) is 1.96. The van der Waals surface area contributed by atoms with Crippen molar-refractivity contribution in [2.45, 2.75) is 38.5 Å². The molecule has 0 aromatic rings. The Kier molecular flexibility index (Phi) is 5.08. The maximum absolute atomic E-state index is 5.16. The molecular formula is C11H18N2. The Morgan fingerprint density at radius 3 is 3.15 bits per heavy atom. The number of hydrogen-bond acceptors (Lipinski definition) is 2. The van der Waals surface area contributed by atoms with Gasteiger partial charge in [0.1, 0.15) is 0 Å². The lowest BCUT2D eigenvalue weighted by atomic mass is 10.2. The molecule has 0 aromatic heterocycles. The quantitative estimate of drug-likeness (QED) is 0.518. The molecule has 2 heteroatoms. The molecule has 0 saturated carbocycles. The van der Waals surface area contributed by atoms with Crippen molar-refractivity contribution in [2.75, 3.05) is 13.1 Å². The van der Waals surface area contributed by atoms with Crippen molar-refractivity contribution in [3.63, 3.8) is 0 Å². The summed E-state index contributed by atoms with van der Waals surface area (Å²) >= 11 is 0. The lowest BCUT2D eigenvalue weighted by Gasteiger charge is -2.06. The van der Waals surface area contributed by atoms with Gasteiger partial charge >= 0.3 is 0 Å². The Morgan fingerprint density at radius 2 is 2.31 bits per heavy atom. The Hall–Kier alpha value is -0.970. The maximum Gasteiger partial charge on any atom is 0.0963 e. The summed E-state index contributed by atoms with van der Waals surface area (Å²) in [4.78, 5) is 4.47. The first kappa shape index (κ1) is 10.1. The van der Waals surface area contributed by atoms with Crippen molar-refractivity contribution >= 4 is 5.84 Å². The standard InChI is InChI=1S/C11H18N2/c1-2-3-6-9-12-11-8-5-4-7-10-13-11/h1H,3-10H2,(H,12,13). The van der Waals surface area contributed by atoms with E-state index in [0.29, 0.717) is 0 Å². The molecule has 0 aromatic carbocycles. The van der Waals surface area contributed by atoms with Gasteiger partial charge in [0.2, 0.25) is 0 Å². The van der Waals surface area contributed by atoms with Crippen molar-refractivity contribution in [1.82, 2.24) is 5.32 Å². The Bertz CT molecular complexity index is 201. The summed E-state index contributed by atoms with van der Waals surface area (Å²) in [6.07, 6.45) is 12.0. The van der Waals surface area contributed by atoms with Crippen LogP contribution in [0, 0.1) is 12.3 Å². The third-order valence-corrected chi connectivity index (χ3v) is 2.20. The molecule has 0 unspecified atom stereocenters. The normalized spacial score (nSPS) is 17.0. The lowest BCUT2D eigenvalue weighted by Crippen LogP contribution is -2.24. The summed E-state index contributed by atoms with van der Waals surface area (Å²) in [5, 5.41) is 3.35. The largest absolute Gasteiger partial charge is 0.374 e. The van der Waals surface area contributed by atoms with Gasteiger partial charge in [0.15, 0.2) is 0 Å². The van der Waals surface area contributed by atoms with Gasteiger partial charge in [0.05, 0.1) is 5.84 Å². The number of unbranched alkanes of at least 4 members (excludes halogenated alkanes) is 1. The summed E-state index contributed by atoms with van der Waals surface area (Å²) < 4.78 is 0. The molecule has 13 heavy (non-hydrogen) atoms. The number of aliphatic imine (C=N–C) groups is 1. The van der Waals surface area contributed by atoms with Gasteiger partial charge in [-0.05, 0) is 19.3 Å². The molecule has 0 amide bonds. The van der Waals surface area contributed by atoms with Crippen LogP contribution in [0.15, 0.2) is 4.99 Å². The van der Waals surface area contributed by atoms with Crippen molar-refractivity contribution in [3.8, 4) is 12.3 Å². The molecule has 72 valence electrons. The van der Waals surface area contributed by atoms with Gasteiger partial charge in [-0.25, -0.2) is 0 Å². The summed E-state index contributed by atoms with van der Waals surface area (Å²) in [5.41, 5.74) is 0. The third kappa shape index (κ3) is 4.57. The molecule has 0 bridgehead atoms. The van der Waals surface area contributed by atoms with E-state index in [4.69, 9.17) is 6.42 Å². The Morgan fingerprint density at radius 1 is 1.38 bits per heavy atom. The van der Waals surface area contributed by atoms with Crippen molar-refractivity contribution in [1.29, 1.82) is 0 Å². The van der Waals surface area contributed by atoms with Crippen LogP contribution in [0.3, 0.4) is 0 Å². The molecule has 1 heterocycles. The molecule has 1 rings (SSSR count). The average Bonchev–Trinajstić information content (AvgIpc) is 2.41. The third-order valence-electron chi connectivity index (χ3n) is 2.20. The minimum absolute atomic E-state index is 0.861. The Balaban J connectivity index is 2.12. The van der Waals surface area contributed by atoms with Gasteiger partial charge in [-0.15, -0.1) is 12.3 Å². The molecule has 0 atom stereocenters. The van der Waals surface area contributed by atoms with E-state index >= 15 is 0 Å². The molecule has 0 aliphatic carbocycles. The first-order chi connectivity index (χ1) is 6.43. The van der Waals surface area contributed by atoms with E-state index in [2.05, 4.69) is 16.2 Å². The molecule has 0 saturated heterocycles.